The number of nitrogens with zero attached hydrogens (tertiary/aromatic N) is 2. The molecule has 2 atom stereocenters. The van der Waals surface area contributed by atoms with E-state index in [1.807, 2.05) is 11.9 Å². The number of thiocarbonyl (C=S) groups is 1. The summed E-state index contributed by atoms with van der Waals surface area (Å²) in [6.07, 6.45) is 1.42. The molecule has 0 spiro atoms. The van der Waals surface area contributed by atoms with Gasteiger partial charge in [-0.05, 0) is 12.1 Å². The van der Waals surface area contributed by atoms with Crippen molar-refractivity contribution < 1.29 is 18.8 Å². The predicted octanol–water partition coefficient (Wildman–Crippen LogP) is -0.343. The molecule has 0 radical (unpaired) electrons. The van der Waals surface area contributed by atoms with E-state index in [1.54, 1.807) is 17.0 Å². The van der Waals surface area contributed by atoms with Gasteiger partial charge in [0.2, 0.25) is 5.91 Å². The number of amides is 1. The minimum atomic E-state index is -0.998. The van der Waals surface area contributed by atoms with E-state index in [1.165, 1.54) is 19.4 Å². The van der Waals surface area contributed by atoms with E-state index in [9.17, 15) is 4.79 Å². The molecule has 0 bridgehead atoms. The number of morpholine rings is 1. The SMILES string of the molecule is C[NH+]1CCOCC1.N#CC1C(=O)NC(=S)C(=C=[N-])C1c1ccco1. The number of hydrogen-bond donors (Lipinski definition) is 2. The van der Waals surface area contributed by atoms with Crippen LogP contribution in [-0.2, 0) is 9.53 Å². The maximum absolute atomic E-state index is 11.6. The van der Waals surface area contributed by atoms with Crippen LogP contribution in [0.2, 0.25) is 0 Å². The molecule has 2 N–H and O–H groups in total. The van der Waals surface area contributed by atoms with E-state index < -0.39 is 17.7 Å². The van der Waals surface area contributed by atoms with Crippen molar-refractivity contribution in [3.05, 3.63) is 35.1 Å². The van der Waals surface area contributed by atoms with E-state index in [0.29, 0.717) is 5.76 Å². The number of carbonyl (C=O) groups is 1. The van der Waals surface area contributed by atoms with Crippen molar-refractivity contribution in [2.45, 2.75) is 5.92 Å². The van der Waals surface area contributed by atoms with Crippen molar-refractivity contribution in [1.29, 1.82) is 5.26 Å². The van der Waals surface area contributed by atoms with Gasteiger partial charge in [0.05, 0.1) is 38.5 Å². The first-order valence-electron chi connectivity index (χ1n) is 7.52. The van der Waals surface area contributed by atoms with Crippen LogP contribution >= 0.6 is 12.2 Å². The molecule has 126 valence electrons. The number of ether oxygens (including phenoxy) is 1. The van der Waals surface area contributed by atoms with Gasteiger partial charge >= 0.3 is 0 Å². The summed E-state index contributed by atoms with van der Waals surface area (Å²) in [5.41, 5.74) is 0.182. The first kappa shape index (κ1) is 18.0. The lowest BCUT2D eigenvalue weighted by molar-refractivity contribution is -0.888. The molecular formula is C16H18N4O3S. The van der Waals surface area contributed by atoms with Crippen molar-refractivity contribution in [2.75, 3.05) is 33.4 Å². The number of furan rings is 1. The van der Waals surface area contributed by atoms with Gasteiger partial charge in [-0.2, -0.15) is 5.26 Å². The highest BCUT2D eigenvalue weighted by atomic mass is 32.1. The molecule has 2 aliphatic rings. The van der Waals surface area contributed by atoms with Crippen LogP contribution in [0.5, 0.6) is 0 Å². The summed E-state index contributed by atoms with van der Waals surface area (Å²) in [5, 5.41) is 20.4. The fourth-order valence-corrected chi connectivity index (χ4v) is 2.74. The topological polar surface area (TPSA) is 102 Å². The molecule has 3 rings (SSSR count). The first-order valence-corrected chi connectivity index (χ1v) is 7.93. The quantitative estimate of drug-likeness (QED) is 0.411. The lowest BCUT2D eigenvalue weighted by atomic mass is 9.81. The van der Waals surface area contributed by atoms with Gasteiger partial charge in [-0.25, -0.2) is 0 Å². The second-order valence-electron chi connectivity index (χ2n) is 5.51. The Hall–Kier alpha value is -2.30. The van der Waals surface area contributed by atoms with Crippen LogP contribution in [0.1, 0.15) is 11.7 Å². The van der Waals surface area contributed by atoms with Crippen molar-refractivity contribution in [1.82, 2.24) is 5.32 Å². The van der Waals surface area contributed by atoms with Crippen LogP contribution < -0.4 is 10.2 Å². The molecule has 2 saturated heterocycles. The van der Waals surface area contributed by atoms with E-state index in [2.05, 4.69) is 12.4 Å². The molecule has 2 unspecified atom stereocenters. The van der Waals surface area contributed by atoms with E-state index in [0.717, 1.165) is 13.2 Å². The summed E-state index contributed by atoms with van der Waals surface area (Å²) in [7, 11) is 2.20. The second-order valence-corrected chi connectivity index (χ2v) is 5.92. The molecule has 8 heteroatoms. The molecule has 0 aliphatic carbocycles. The highest BCUT2D eigenvalue weighted by molar-refractivity contribution is 7.80. The third kappa shape index (κ3) is 4.16. The number of rotatable bonds is 1. The van der Waals surface area contributed by atoms with Crippen molar-refractivity contribution in [3.8, 4) is 6.07 Å². The minimum absolute atomic E-state index is 0.0606. The summed E-state index contributed by atoms with van der Waals surface area (Å²) in [6.45, 7) is 4.26. The monoisotopic (exact) mass is 346 g/mol. The zero-order valence-corrected chi connectivity index (χ0v) is 14.1. The minimum Gasteiger partial charge on any atom is -0.763 e. The van der Waals surface area contributed by atoms with E-state index in [-0.39, 0.29) is 10.6 Å². The Kier molecular flexibility index (Phi) is 6.41. The van der Waals surface area contributed by atoms with Gasteiger partial charge < -0.3 is 24.8 Å². The average molecular weight is 346 g/mol. The highest BCUT2D eigenvalue weighted by Crippen LogP contribution is 2.34. The number of quaternary nitrogens is 1. The number of hydrogen-bond acceptors (Lipinski definition) is 5. The van der Waals surface area contributed by atoms with E-state index >= 15 is 0 Å². The maximum Gasteiger partial charge on any atom is 0.243 e. The van der Waals surface area contributed by atoms with Gasteiger partial charge in [0.15, 0.2) is 0 Å². The zero-order valence-electron chi connectivity index (χ0n) is 13.2. The fraction of sp³-hybridized carbons (Fsp3) is 0.438. The number of carbonyl (C=O) groups excluding carboxylic acids is 1. The second kappa shape index (κ2) is 8.52. The van der Waals surface area contributed by atoms with Gasteiger partial charge in [-0.1, -0.05) is 12.2 Å². The molecule has 0 aromatic carbocycles. The molecule has 7 nitrogen and oxygen atoms in total. The molecule has 0 saturated carbocycles. The molecule has 1 aromatic heterocycles. The number of nitrogens with one attached hydrogen (secondary N) is 2. The number of likely N-dealkylation sites (N-methyl/N-ethyl adjacent to an activating group) is 1. The summed E-state index contributed by atoms with van der Waals surface area (Å²) in [5.74, 6) is 0.0996. The highest BCUT2D eigenvalue weighted by Gasteiger charge is 2.40. The summed E-state index contributed by atoms with van der Waals surface area (Å²) in [6, 6.07) is 5.13. The molecular weight excluding hydrogens is 328 g/mol. The van der Waals surface area contributed by atoms with Crippen LogP contribution in [-0.4, -0.2) is 50.1 Å². The van der Waals surface area contributed by atoms with Crippen molar-refractivity contribution >= 4 is 29.0 Å². The summed E-state index contributed by atoms with van der Waals surface area (Å²) in [4.78, 5) is 13.3. The largest absolute Gasteiger partial charge is 0.763 e. The first-order chi connectivity index (χ1) is 11.6. The van der Waals surface area contributed by atoms with Crippen LogP contribution in [0.15, 0.2) is 28.4 Å². The lowest BCUT2D eigenvalue weighted by Gasteiger charge is -2.28. The van der Waals surface area contributed by atoms with Crippen LogP contribution in [0.4, 0.5) is 0 Å². The van der Waals surface area contributed by atoms with Gasteiger partial charge in [0.1, 0.15) is 29.8 Å². The van der Waals surface area contributed by atoms with Crippen LogP contribution in [0.25, 0.3) is 5.41 Å². The molecule has 1 aromatic rings. The Balaban J connectivity index is 0.000000249. The number of piperidine rings is 1. The molecule has 3 heterocycles. The molecule has 1 amide bonds. The third-order valence-electron chi connectivity index (χ3n) is 3.86. The standard InChI is InChI=1S/C11H6N3O2S.C5H11NO/c12-4-6-9(8-2-1-3-16-8)7(5-13)11(17)14-10(6)15;1-6-2-4-7-5-3-6/h1-3,6,9H,(H,14,15,17);2-5H2,1H3/q-1;/p+1. The third-order valence-corrected chi connectivity index (χ3v) is 4.19. The Morgan fingerprint density at radius 1 is 1.46 bits per heavy atom. The fourth-order valence-electron chi connectivity index (χ4n) is 2.46. The lowest BCUT2D eigenvalue weighted by Crippen LogP contribution is -3.11. The van der Waals surface area contributed by atoms with Crippen LogP contribution in [0.3, 0.4) is 0 Å². The van der Waals surface area contributed by atoms with Gasteiger partial charge in [-0.3, -0.25) is 10.7 Å². The Bertz CT molecular complexity index is 683. The van der Waals surface area contributed by atoms with Gasteiger partial charge in [0.25, 0.3) is 0 Å². The van der Waals surface area contributed by atoms with E-state index in [4.69, 9.17) is 32.0 Å². The number of nitriles is 1. The smallest absolute Gasteiger partial charge is 0.243 e. The molecule has 2 aliphatic heterocycles. The van der Waals surface area contributed by atoms with Crippen LogP contribution in [0, 0.1) is 17.2 Å². The Labute approximate surface area is 145 Å². The normalized spacial score (nSPS) is 24.2. The summed E-state index contributed by atoms with van der Waals surface area (Å²) < 4.78 is 10.3. The zero-order chi connectivity index (χ0) is 17.5. The van der Waals surface area contributed by atoms with Gasteiger partial charge in [-0.15, -0.1) is 0 Å². The van der Waals surface area contributed by atoms with Crippen molar-refractivity contribution in [2.24, 2.45) is 5.92 Å². The average Bonchev–Trinajstić information content (AvgIpc) is 3.09. The van der Waals surface area contributed by atoms with Gasteiger partial charge in [0, 0.05) is 5.57 Å². The molecule has 2 fully saturated rings. The summed E-state index contributed by atoms with van der Waals surface area (Å²) >= 11 is 4.91. The molecule has 24 heavy (non-hydrogen) atoms. The Morgan fingerprint density at radius 3 is 2.62 bits per heavy atom. The Morgan fingerprint density at radius 2 is 2.17 bits per heavy atom. The maximum atomic E-state index is 11.6. The predicted molar refractivity (Wildman–Crippen MR) is 90.6 cm³/mol. The van der Waals surface area contributed by atoms with Crippen molar-refractivity contribution in [3.63, 3.8) is 0 Å².